The number of likely N-dealkylation sites (tertiary alicyclic amines) is 1. The van der Waals surface area contributed by atoms with Crippen LogP contribution in [0.15, 0.2) is 30.3 Å². The lowest BCUT2D eigenvalue weighted by atomic mass is 9.74. The van der Waals surface area contributed by atoms with Gasteiger partial charge in [-0.1, -0.05) is 30.3 Å². The van der Waals surface area contributed by atoms with Gasteiger partial charge >= 0.3 is 0 Å². The van der Waals surface area contributed by atoms with Crippen LogP contribution in [-0.4, -0.2) is 67.7 Å². The number of sulfonamides is 1. The van der Waals surface area contributed by atoms with E-state index in [0.717, 1.165) is 19.3 Å². The predicted octanol–water partition coefficient (Wildman–Crippen LogP) is 1.11. The molecule has 2 aliphatic rings. The molecule has 0 radical (unpaired) electrons. The lowest BCUT2D eigenvalue weighted by Crippen LogP contribution is -2.52. The monoisotopic (exact) mass is 380 g/mol. The second kappa shape index (κ2) is 7.66. The Bertz CT molecular complexity index is 737. The van der Waals surface area contributed by atoms with Crippen LogP contribution in [0, 0.1) is 11.3 Å². The van der Waals surface area contributed by atoms with Crippen molar-refractivity contribution < 1.29 is 18.3 Å². The van der Waals surface area contributed by atoms with Crippen LogP contribution in [0.5, 0.6) is 0 Å². The van der Waals surface area contributed by atoms with Crippen LogP contribution in [-0.2, 0) is 21.2 Å². The highest BCUT2D eigenvalue weighted by atomic mass is 32.2. The molecule has 1 N–H and O–H groups in total. The quantitative estimate of drug-likeness (QED) is 0.802. The summed E-state index contributed by atoms with van der Waals surface area (Å²) in [5.41, 5.74) is 0.710. The Morgan fingerprint density at radius 3 is 2.65 bits per heavy atom. The van der Waals surface area contributed by atoms with E-state index in [-0.39, 0.29) is 18.4 Å². The van der Waals surface area contributed by atoms with E-state index >= 15 is 0 Å². The third-order valence-corrected chi connectivity index (χ3v) is 7.09. The fraction of sp³-hybridized carbons (Fsp3) is 0.632. The van der Waals surface area contributed by atoms with Gasteiger partial charge in [0.2, 0.25) is 15.9 Å². The van der Waals surface area contributed by atoms with Gasteiger partial charge in [-0.15, -0.1) is 0 Å². The first-order valence-electron chi connectivity index (χ1n) is 9.22. The Morgan fingerprint density at radius 1 is 1.27 bits per heavy atom. The van der Waals surface area contributed by atoms with Gasteiger partial charge in [0, 0.05) is 38.0 Å². The number of piperidine rings is 1. The first-order valence-corrected chi connectivity index (χ1v) is 11.1. The van der Waals surface area contributed by atoms with Crippen molar-refractivity contribution in [1.29, 1.82) is 0 Å². The fourth-order valence-corrected chi connectivity index (χ4v) is 5.22. The largest absolute Gasteiger partial charge is 0.396 e. The zero-order valence-corrected chi connectivity index (χ0v) is 16.1. The molecule has 6 nitrogen and oxygen atoms in total. The first kappa shape index (κ1) is 19.3. The van der Waals surface area contributed by atoms with Gasteiger partial charge in [-0.2, -0.15) is 0 Å². The minimum Gasteiger partial charge on any atom is -0.396 e. The van der Waals surface area contributed by atoms with Gasteiger partial charge in [-0.05, 0) is 30.7 Å². The van der Waals surface area contributed by atoms with Crippen molar-refractivity contribution >= 4 is 15.9 Å². The highest BCUT2D eigenvalue weighted by Gasteiger charge is 2.52. The van der Waals surface area contributed by atoms with Crippen LogP contribution in [0.3, 0.4) is 0 Å². The highest BCUT2D eigenvalue weighted by molar-refractivity contribution is 7.88. The molecule has 0 bridgehead atoms. The van der Waals surface area contributed by atoms with E-state index in [2.05, 4.69) is 12.1 Å². The van der Waals surface area contributed by atoms with Gasteiger partial charge in [0.25, 0.3) is 0 Å². The molecule has 0 aliphatic carbocycles. The molecule has 2 heterocycles. The molecule has 1 aromatic carbocycles. The van der Waals surface area contributed by atoms with E-state index in [1.54, 1.807) is 0 Å². The van der Waals surface area contributed by atoms with Crippen molar-refractivity contribution in [1.82, 2.24) is 9.21 Å². The zero-order chi connectivity index (χ0) is 18.8. The number of amides is 1. The summed E-state index contributed by atoms with van der Waals surface area (Å²) in [7, 11) is -3.27. The molecule has 3 rings (SSSR count). The Morgan fingerprint density at radius 2 is 2.00 bits per heavy atom. The smallest absolute Gasteiger partial charge is 0.222 e. The number of aliphatic hydroxyl groups is 1. The van der Waals surface area contributed by atoms with Crippen LogP contribution in [0.2, 0.25) is 0 Å². The summed E-state index contributed by atoms with van der Waals surface area (Å²) in [6.07, 6.45) is 4.11. The van der Waals surface area contributed by atoms with Crippen LogP contribution in [0.25, 0.3) is 0 Å². The van der Waals surface area contributed by atoms with Crippen molar-refractivity contribution in [3.8, 4) is 0 Å². The maximum absolute atomic E-state index is 12.6. The standard InChI is InChI=1S/C19H28N2O4S/c1-26(24,25)21-12-17-10-11-20(13-19(17,14-21)15-22)18(23)9-5-8-16-6-3-2-4-7-16/h2-4,6-7,17,22H,5,8-15H2,1H3. The lowest BCUT2D eigenvalue weighted by Gasteiger charge is -2.43. The van der Waals surface area contributed by atoms with Gasteiger partial charge in [-0.3, -0.25) is 4.79 Å². The minimum absolute atomic E-state index is 0.0858. The average molecular weight is 381 g/mol. The molecule has 144 valence electrons. The topological polar surface area (TPSA) is 77.9 Å². The average Bonchev–Trinajstić information content (AvgIpc) is 3.02. The predicted molar refractivity (Wildman–Crippen MR) is 100 cm³/mol. The molecule has 1 amide bonds. The van der Waals surface area contributed by atoms with Gasteiger partial charge in [-0.25, -0.2) is 12.7 Å². The number of aryl methyl sites for hydroxylation is 1. The van der Waals surface area contributed by atoms with E-state index in [1.807, 2.05) is 23.1 Å². The molecule has 2 saturated heterocycles. The maximum atomic E-state index is 12.6. The Labute approximate surface area is 155 Å². The molecule has 1 aromatic rings. The summed E-state index contributed by atoms with van der Waals surface area (Å²) >= 11 is 0. The normalized spacial score (nSPS) is 26.7. The Kier molecular flexibility index (Phi) is 5.69. The Balaban J connectivity index is 1.58. The van der Waals surface area contributed by atoms with E-state index in [0.29, 0.717) is 32.6 Å². The SMILES string of the molecule is CS(=O)(=O)N1CC2CCN(C(=O)CCCc3ccccc3)CC2(CO)C1. The summed E-state index contributed by atoms with van der Waals surface area (Å²) < 4.78 is 25.2. The van der Waals surface area contributed by atoms with E-state index in [1.165, 1.54) is 16.1 Å². The number of hydrogen-bond donors (Lipinski definition) is 1. The molecule has 0 saturated carbocycles. The van der Waals surface area contributed by atoms with E-state index in [4.69, 9.17) is 0 Å². The van der Waals surface area contributed by atoms with E-state index in [9.17, 15) is 18.3 Å². The summed E-state index contributed by atoms with van der Waals surface area (Å²) in [6, 6.07) is 10.1. The number of aliphatic hydroxyl groups excluding tert-OH is 1. The summed E-state index contributed by atoms with van der Waals surface area (Å²) in [4.78, 5) is 14.4. The number of rotatable bonds is 6. The Hall–Kier alpha value is -1.44. The van der Waals surface area contributed by atoms with Crippen molar-refractivity contribution in [2.24, 2.45) is 11.3 Å². The van der Waals surface area contributed by atoms with Gasteiger partial charge in [0.1, 0.15) is 0 Å². The van der Waals surface area contributed by atoms with Crippen LogP contribution >= 0.6 is 0 Å². The number of fused-ring (bicyclic) bond motifs is 1. The molecule has 0 spiro atoms. The molecular weight excluding hydrogens is 352 g/mol. The van der Waals surface area contributed by atoms with Crippen LogP contribution in [0.1, 0.15) is 24.8 Å². The van der Waals surface area contributed by atoms with Crippen molar-refractivity contribution in [3.05, 3.63) is 35.9 Å². The number of carbonyl (C=O) groups excluding carboxylic acids is 1. The third-order valence-electron chi connectivity index (χ3n) is 5.87. The minimum atomic E-state index is -3.27. The molecule has 2 aliphatic heterocycles. The summed E-state index contributed by atoms with van der Waals surface area (Å²) in [5.74, 6) is 0.223. The van der Waals surface area contributed by atoms with Crippen LogP contribution < -0.4 is 0 Å². The molecule has 2 unspecified atom stereocenters. The van der Waals surface area contributed by atoms with Gasteiger partial charge in [0.15, 0.2) is 0 Å². The maximum Gasteiger partial charge on any atom is 0.222 e. The lowest BCUT2D eigenvalue weighted by molar-refractivity contribution is -0.136. The van der Waals surface area contributed by atoms with Crippen molar-refractivity contribution in [3.63, 3.8) is 0 Å². The number of nitrogens with zero attached hydrogens (tertiary/aromatic N) is 2. The fourth-order valence-electron chi connectivity index (χ4n) is 4.27. The first-order chi connectivity index (χ1) is 12.3. The summed E-state index contributed by atoms with van der Waals surface area (Å²) in [6.45, 7) is 1.77. The number of hydrogen-bond acceptors (Lipinski definition) is 4. The second-order valence-electron chi connectivity index (χ2n) is 7.72. The second-order valence-corrected chi connectivity index (χ2v) is 9.70. The highest BCUT2D eigenvalue weighted by Crippen LogP contribution is 2.42. The van der Waals surface area contributed by atoms with E-state index < -0.39 is 15.4 Å². The molecule has 0 aromatic heterocycles. The summed E-state index contributed by atoms with van der Waals surface area (Å²) in [5, 5.41) is 10.0. The molecule has 26 heavy (non-hydrogen) atoms. The number of carbonyl (C=O) groups is 1. The molecule has 7 heteroatoms. The third kappa shape index (κ3) is 4.10. The van der Waals surface area contributed by atoms with Crippen molar-refractivity contribution in [2.45, 2.75) is 25.7 Å². The van der Waals surface area contributed by atoms with Crippen molar-refractivity contribution in [2.75, 3.05) is 39.0 Å². The molecule has 2 atom stereocenters. The number of benzene rings is 1. The molecular formula is C19H28N2O4S. The van der Waals surface area contributed by atoms with Gasteiger partial charge in [0.05, 0.1) is 12.9 Å². The van der Waals surface area contributed by atoms with Crippen LogP contribution in [0.4, 0.5) is 0 Å². The van der Waals surface area contributed by atoms with Gasteiger partial charge < -0.3 is 10.0 Å². The molecule has 2 fully saturated rings. The zero-order valence-electron chi connectivity index (χ0n) is 15.3.